The molecule has 1 aliphatic carbocycles. The lowest BCUT2D eigenvalue weighted by Crippen LogP contribution is -2.54. The van der Waals surface area contributed by atoms with E-state index in [1.165, 1.54) is 5.56 Å². The monoisotopic (exact) mass is 543 g/mol. The molecule has 1 N–H and O–H groups in total. The minimum Gasteiger partial charge on any atom is -0.383 e. The zero-order valence-corrected chi connectivity index (χ0v) is 23.4. The number of hydrogen-bond donors (Lipinski definition) is 1. The Morgan fingerprint density at radius 2 is 1.84 bits per heavy atom. The summed E-state index contributed by atoms with van der Waals surface area (Å²) in [6, 6.07) is 6.78. The number of carbonyl (C=O) groups is 3. The second-order valence-electron chi connectivity index (χ2n) is 11.2. The Morgan fingerprint density at radius 1 is 1.13 bits per heavy atom. The topological polar surface area (TPSA) is 88.2 Å². The smallest absolute Gasteiger partial charge is 0.251 e. The molecule has 4 fully saturated rings. The molecule has 3 heterocycles. The summed E-state index contributed by atoms with van der Waals surface area (Å²) in [4.78, 5) is 44.0. The predicted molar refractivity (Wildman–Crippen MR) is 147 cm³/mol. The number of methoxy groups -OCH3 is 1. The van der Waals surface area contributed by atoms with Crippen molar-refractivity contribution in [2.75, 3.05) is 52.8 Å². The van der Waals surface area contributed by atoms with Crippen LogP contribution in [-0.2, 0) is 19.1 Å². The van der Waals surface area contributed by atoms with Crippen molar-refractivity contribution in [3.63, 3.8) is 0 Å². The highest BCUT2D eigenvalue weighted by Crippen LogP contribution is 2.36. The van der Waals surface area contributed by atoms with E-state index < -0.39 is 12.1 Å². The number of likely N-dealkylation sites (tertiary alicyclic amines) is 2. The minimum absolute atomic E-state index is 0.0310. The number of fused-ring (bicyclic) bond motifs is 1. The van der Waals surface area contributed by atoms with Gasteiger partial charge in [0.2, 0.25) is 5.91 Å². The highest BCUT2D eigenvalue weighted by atomic mass is 32.2. The average molecular weight is 544 g/mol. The van der Waals surface area contributed by atoms with Crippen molar-refractivity contribution in [3.05, 3.63) is 35.4 Å². The van der Waals surface area contributed by atoms with Crippen LogP contribution in [0.1, 0.15) is 60.4 Å². The van der Waals surface area contributed by atoms with Crippen molar-refractivity contribution in [1.29, 1.82) is 0 Å². The van der Waals surface area contributed by atoms with Crippen LogP contribution in [0.2, 0.25) is 0 Å². The van der Waals surface area contributed by atoms with Gasteiger partial charge in [0.15, 0.2) is 5.78 Å². The number of hydrogen-bond acceptors (Lipinski definition) is 7. The molecule has 8 nitrogen and oxygen atoms in total. The minimum atomic E-state index is -0.615. The summed E-state index contributed by atoms with van der Waals surface area (Å²) in [5.41, 5.74) is 1.84. The number of thioether (sulfide) groups is 1. The van der Waals surface area contributed by atoms with E-state index in [1.54, 1.807) is 23.8 Å². The van der Waals surface area contributed by atoms with Crippen molar-refractivity contribution in [2.45, 2.75) is 67.9 Å². The zero-order chi connectivity index (χ0) is 26.6. The van der Waals surface area contributed by atoms with Crippen LogP contribution < -0.4 is 5.32 Å². The number of nitrogens with one attached hydrogen (secondary N) is 1. The van der Waals surface area contributed by atoms with Gasteiger partial charge in [-0.25, -0.2) is 0 Å². The highest BCUT2D eigenvalue weighted by molar-refractivity contribution is 7.99. The second kappa shape index (κ2) is 12.5. The third-order valence-electron chi connectivity index (χ3n) is 8.99. The molecular formula is C29H41N3O5S. The third-order valence-corrected chi connectivity index (χ3v) is 10.0. The lowest BCUT2D eigenvalue weighted by atomic mass is 9.89. The third kappa shape index (κ3) is 5.81. The van der Waals surface area contributed by atoms with Gasteiger partial charge in [0, 0.05) is 25.8 Å². The van der Waals surface area contributed by atoms with E-state index in [9.17, 15) is 14.4 Å². The van der Waals surface area contributed by atoms with Crippen LogP contribution in [0.4, 0.5) is 0 Å². The first-order valence-electron chi connectivity index (χ1n) is 14.1. The number of piperidine rings is 1. The van der Waals surface area contributed by atoms with E-state index in [0.717, 1.165) is 64.8 Å². The van der Waals surface area contributed by atoms with E-state index in [-0.39, 0.29) is 41.5 Å². The summed E-state index contributed by atoms with van der Waals surface area (Å²) in [6.45, 7) is 4.41. The molecule has 9 heteroatoms. The van der Waals surface area contributed by atoms with Crippen molar-refractivity contribution in [3.8, 4) is 0 Å². The molecule has 0 unspecified atom stereocenters. The van der Waals surface area contributed by atoms with Crippen LogP contribution in [0.15, 0.2) is 24.3 Å². The normalized spacial score (nSPS) is 27.6. The van der Waals surface area contributed by atoms with Crippen molar-refractivity contribution < 1.29 is 23.9 Å². The quantitative estimate of drug-likeness (QED) is 0.512. The number of carbonyl (C=O) groups excluding carboxylic acids is 3. The molecule has 2 amide bonds. The first-order valence-corrected chi connectivity index (χ1v) is 15.4. The number of benzene rings is 1. The number of nitrogens with zero attached hydrogens (tertiary/aromatic N) is 2. The molecule has 1 aromatic carbocycles. The van der Waals surface area contributed by atoms with E-state index in [0.29, 0.717) is 18.0 Å². The molecule has 3 aliphatic heterocycles. The standard InChI is InChI=1S/C29H41N3O5S/c1-36-16-15-31-13-11-20(12-14-31)19-7-9-22(10-8-19)28(34)30-25(21-5-3-4-6-21)29(35)32-17-24(38-2)27-26(32)23(33)18-37-27/h7-10,20-21,24-27H,3-6,11-18H2,1-2H3,(H,30,34)/t24-,25-,26+,27+/m0/s1. The van der Waals surface area contributed by atoms with Crippen LogP contribution in [0.25, 0.3) is 0 Å². The Balaban J connectivity index is 1.24. The maximum Gasteiger partial charge on any atom is 0.251 e. The van der Waals surface area contributed by atoms with Gasteiger partial charge < -0.3 is 24.6 Å². The molecule has 0 spiro atoms. The summed E-state index contributed by atoms with van der Waals surface area (Å²) in [5, 5.41) is 3.17. The summed E-state index contributed by atoms with van der Waals surface area (Å²) in [7, 11) is 1.74. The number of Topliss-reactive ketones (excluding diaryl/α,β-unsaturated/α-hetero) is 1. The highest BCUT2D eigenvalue weighted by Gasteiger charge is 2.53. The van der Waals surface area contributed by atoms with Gasteiger partial charge in [-0.2, -0.15) is 11.8 Å². The Hall–Kier alpha value is -1.94. The van der Waals surface area contributed by atoms with Gasteiger partial charge in [-0.05, 0) is 74.6 Å². The largest absolute Gasteiger partial charge is 0.383 e. The summed E-state index contributed by atoms with van der Waals surface area (Å²) in [5.74, 6) is 0.210. The fourth-order valence-electron chi connectivity index (χ4n) is 6.74. The van der Waals surface area contributed by atoms with Crippen molar-refractivity contribution in [1.82, 2.24) is 15.1 Å². The first-order chi connectivity index (χ1) is 18.5. The molecular weight excluding hydrogens is 502 g/mol. The van der Waals surface area contributed by atoms with Gasteiger partial charge in [-0.1, -0.05) is 25.0 Å². The average Bonchev–Trinajstić information content (AvgIpc) is 3.69. The van der Waals surface area contributed by atoms with Crippen molar-refractivity contribution >= 4 is 29.4 Å². The number of amides is 2. The fraction of sp³-hybridized carbons (Fsp3) is 0.690. The van der Waals surface area contributed by atoms with E-state index in [1.807, 2.05) is 18.4 Å². The molecule has 0 bridgehead atoms. The molecule has 38 heavy (non-hydrogen) atoms. The van der Waals surface area contributed by atoms with Gasteiger partial charge in [-0.3, -0.25) is 14.4 Å². The second-order valence-corrected chi connectivity index (χ2v) is 12.3. The van der Waals surface area contributed by atoms with Gasteiger partial charge >= 0.3 is 0 Å². The van der Waals surface area contributed by atoms with Crippen LogP contribution in [0, 0.1) is 5.92 Å². The Morgan fingerprint density at radius 3 is 2.50 bits per heavy atom. The molecule has 1 aromatic rings. The molecule has 3 saturated heterocycles. The predicted octanol–water partition coefficient (Wildman–Crippen LogP) is 2.71. The van der Waals surface area contributed by atoms with Crippen LogP contribution in [0.3, 0.4) is 0 Å². The zero-order valence-electron chi connectivity index (χ0n) is 22.6. The SMILES string of the molecule is COCCN1CCC(c2ccc(C(=O)N[C@H](C(=O)N3C[C@H](SC)[C@H]4OCC(=O)[C@H]43)C3CCCC3)cc2)CC1. The molecule has 0 aromatic heterocycles. The van der Waals surface area contributed by atoms with Gasteiger partial charge in [-0.15, -0.1) is 0 Å². The summed E-state index contributed by atoms with van der Waals surface area (Å²) < 4.78 is 11.0. The van der Waals surface area contributed by atoms with Crippen molar-refractivity contribution in [2.24, 2.45) is 5.92 Å². The van der Waals surface area contributed by atoms with Crippen LogP contribution >= 0.6 is 11.8 Å². The Bertz CT molecular complexity index is 990. The maximum absolute atomic E-state index is 13.9. The van der Waals surface area contributed by atoms with Gasteiger partial charge in [0.1, 0.15) is 18.7 Å². The summed E-state index contributed by atoms with van der Waals surface area (Å²) >= 11 is 1.64. The number of rotatable bonds is 9. The molecule has 4 aliphatic rings. The molecule has 4 atom stereocenters. The fourth-order valence-corrected chi connectivity index (χ4v) is 7.54. The first kappa shape index (κ1) is 27.6. The molecule has 5 rings (SSSR count). The van der Waals surface area contributed by atoms with Gasteiger partial charge in [0.05, 0.1) is 18.0 Å². The van der Waals surface area contributed by atoms with Crippen LogP contribution in [0.5, 0.6) is 0 Å². The Kier molecular flexibility index (Phi) is 9.08. The lowest BCUT2D eigenvalue weighted by molar-refractivity contribution is -0.139. The molecule has 0 radical (unpaired) electrons. The molecule has 208 valence electrons. The van der Waals surface area contributed by atoms with E-state index in [2.05, 4.69) is 22.3 Å². The summed E-state index contributed by atoms with van der Waals surface area (Å²) in [6.07, 6.45) is 7.90. The number of ketones is 1. The Labute approximate surface area is 230 Å². The number of ether oxygens (including phenoxy) is 2. The molecule has 1 saturated carbocycles. The lowest BCUT2D eigenvalue weighted by Gasteiger charge is -2.32. The van der Waals surface area contributed by atoms with E-state index >= 15 is 0 Å². The van der Waals surface area contributed by atoms with Gasteiger partial charge in [0.25, 0.3) is 5.91 Å². The maximum atomic E-state index is 13.9. The van der Waals surface area contributed by atoms with Crippen LogP contribution in [-0.4, -0.2) is 104 Å². The van der Waals surface area contributed by atoms with E-state index in [4.69, 9.17) is 9.47 Å².